The van der Waals surface area contributed by atoms with Crippen molar-refractivity contribution in [1.82, 2.24) is 5.32 Å². The van der Waals surface area contributed by atoms with Crippen molar-refractivity contribution >= 4 is 44.9 Å². The molecule has 0 unspecified atom stereocenters. The van der Waals surface area contributed by atoms with Gasteiger partial charge in [-0.05, 0) is 60.6 Å². The summed E-state index contributed by atoms with van der Waals surface area (Å²) in [7, 11) is 0. The Morgan fingerprint density at radius 2 is 1.92 bits per heavy atom. The van der Waals surface area contributed by atoms with Crippen LogP contribution in [-0.2, 0) is 0 Å². The Morgan fingerprint density at radius 3 is 2.54 bits per heavy atom. The summed E-state index contributed by atoms with van der Waals surface area (Å²) in [4.78, 5) is 12.2. The Labute approximate surface area is 155 Å². The van der Waals surface area contributed by atoms with Crippen molar-refractivity contribution < 1.29 is 9.53 Å². The van der Waals surface area contributed by atoms with Gasteiger partial charge >= 0.3 is 0 Å². The topological polar surface area (TPSA) is 50.4 Å². The number of carbonyl (C=O) groups excluding carboxylic acids is 1. The second-order valence-corrected chi connectivity index (χ2v) is 6.97. The number of rotatable bonds is 5. The first kappa shape index (κ1) is 18.4. The number of amides is 1. The number of nitrogens with one attached hydrogen (secondary N) is 2. The van der Waals surface area contributed by atoms with Crippen LogP contribution in [0.15, 0.2) is 53.0 Å². The van der Waals surface area contributed by atoms with E-state index in [-0.39, 0.29) is 11.0 Å². The van der Waals surface area contributed by atoms with Crippen LogP contribution in [0.5, 0.6) is 5.75 Å². The number of hydrogen-bond acceptors (Lipinski definition) is 3. The summed E-state index contributed by atoms with van der Waals surface area (Å²) in [5.74, 6) is 0.933. The molecule has 0 aliphatic carbocycles. The van der Waals surface area contributed by atoms with Crippen LogP contribution in [0.25, 0.3) is 0 Å². The van der Waals surface area contributed by atoms with E-state index in [1.165, 1.54) is 0 Å². The molecule has 0 atom stereocenters. The molecular formula is C18H19BrN2O2S. The van der Waals surface area contributed by atoms with E-state index < -0.39 is 0 Å². The average Bonchev–Trinajstić information content (AvgIpc) is 2.53. The third-order valence-electron chi connectivity index (χ3n) is 3.01. The van der Waals surface area contributed by atoms with Crippen LogP contribution in [0.1, 0.15) is 24.2 Å². The maximum Gasteiger partial charge on any atom is 0.257 e. The predicted molar refractivity (Wildman–Crippen MR) is 105 cm³/mol. The van der Waals surface area contributed by atoms with Crippen molar-refractivity contribution in [3.63, 3.8) is 0 Å². The zero-order valence-electron chi connectivity index (χ0n) is 13.5. The van der Waals surface area contributed by atoms with Crippen molar-refractivity contribution in [2.75, 3.05) is 11.9 Å². The summed E-state index contributed by atoms with van der Waals surface area (Å²) in [5.41, 5.74) is 1.32. The zero-order valence-corrected chi connectivity index (χ0v) is 15.9. The molecule has 0 aliphatic heterocycles. The van der Waals surface area contributed by atoms with Crippen molar-refractivity contribution in [2.45, 2.75) is 13.8 Å². The maximum atomic E-state index is 12.2. The first-order chi connectivity index (χ1) is 11.4. The van der Waals surface area contributed by atoms with E-state index in [2.05, 4.69) is 40.4 Å². The normalized spacial score (nSPS) is 10.3. The van der Waals surface area contributed by atoms with Gasteiger partial charge in [-0.2, -0.15) is 0 Å². The molecule has 0 aliphatic rings. The third kappa shape index (κ3) is 5.94. The molecule has 2 aromatic rings. The van der Waals surface area contributed by atoms with E-state index in [9.17, 15) is 4.79 Å². The van der Waals surface area contributed by atoms with Crippen LogP contribution in [-0.4, -0.2) is 17.6 Å². The minimum atomic E-state index is -0.266. The van der Waals surface area contributed by atoms with Crippen LogP contribution in [0.4, 0.5) is 5.69 Å². The smallest absolute Gasteiger partial charge is 0.257 e. The molecule has 126 valence electrons. The molecule has 6 heteroatoms. The Bertz CT molecular complexity index is 717. The van der Waals surface area contributed by atoms with Gasteiger partial charge in [0.2, 0.25) is 0 Å². The molecule has 2 rings (SSSR count). The number of ether oxygens (including phenoxy) is 1. The van der Waals surface area contributed by atoms with Gasteiger partial charge in [0.05, 0.1) is 6.61 Å². The van der Waals surface area contributed by atoms with Crippen LogP contribution < -0.4 is 15.4 Å². The lowest BCUT2D eigenvalue weighted by molar-refractivity contribution is 0.0977. The first-order valence-corrected chi connectivity index (χ1v) is 8.75. The minimum absolute atomic E-state index is 0.248. The molecule has 0 spiro atoms. The summed E-state index contributed by atoms with van der Waals surface area (Å²) in [6.07, 6.45) is 0. The average molecular weight is 407 g/mol. The molecule has 2 N–H and O–H groups in total. The van der Waals surface area contributed by atoms with E-state index >= 15 is 0 Å². The van der Waals surface area contributed by atoms with Gasteiger partial charge in [-0.15, -0.1) is 0 Å². The van der Waals surface area contributed by atoms with Crippen molar-refractivity contribution in [1.29, 1.82) is 0 Å². The van der Waals surface area contributed by atoms with Crippen LogP contribution >= 0.6 is 28.1 Å². The van der Waals surface area contributed by atoms with E-state index in [0.29, 0.717) is 18.1 Å². The van der Waals surface area contributed by atoms with Gasteiger partial charge in [-0.1, -0.05) is 35.8 Å². The molecule has 0 saturated heterocycles. The highest BCUT2D eigenvalue weighted by molar-refractivity contribution is 9.10. The lowest BCUT2D eigenvalue weighted by Gasteiger charge is -2.11. The number of hydrogen-bond donors (Lipinski definition) is 2. The summed E-state index contributed by atoms with van der Waals surface area (Å²) < 4.78 is 6.53. The van der Waals surface area contributed by atoms with E-state index in [1.807, 2.05) is 24.3 Å². The molecule has 4 nitrogen and oxygen atoms in total. The molecule has 0 radical (unpaired) electrons. The standard InChI is InChI=1S/C18H19BrN2O2S/c1-12(2)11-23-16-8-6-13(7-9-16)17(22)21-18(24)20-15-5-3-4-14(19)10-15/h3-10,12H,11H2,1-2H3,(H2,20,21,22,24). The van der Waals surface area contributed by atoms with Crippen molar-refractivity contribution in [3.8, 4) is 5.75 Å². The Balaban J connectivity index is 1.90. The molecule has 0 saturated carbocycles. The monoisotopic (exact) mass is 406 g/mol. The number of anilines is 1. The summed E-state index contributed by atoms with van der Waals surface area (Å²) in [6, 6.07) is 14.5. The van der Waals surface area contributed by atoms with Gasteiger partial charge in [-0.3, -0.25) is 10.1 Å². The Morgan fingerprint density at radius 1 is 1.21 bits per heavy atom. The summed E-state index contributed by atoms with van der Waals surface area (Å²) in [6.45, 7) is 4.81. The van der Waals surface area contributed by atoms with Gasteiger partial charge in [0.1, 0.15) is 5.75 Å². The third-order valence-corrected chi connectivity index (χ3v) is 3.71. The largest absolute Gasteiger partial charge is 0.493 e. The van der Waals surface area contributed by atoms with Gasteiger partial charge in [-0.25, -0.2) is 0 Å². The SMILES string of the molecule is CC(C)COc1ccc(C(=O)NC(=S)Nc2cccc(Br)c2)cc1. The molecular weight excluding hydrogens is 388 g/mol. The van der Waals surface area contributed by atoms with Gasteiger partial charge in [0.15, 0.2) is 5.11 Å². The van der Waals surface area contributed by atoms with Gasteiger partial charge < -0.3 is 10.1 Å². The molecule has 24 heavy (non-hydrogen) atoms. The minimum Gasteiger partial charge on any atom is -0.493 e. The second kappa shape index (κ2) is 8.80. The van der Waals surface area contributed by atoms with E-state index in [0.717, 1.165) is 15.9 Å². The van der Waals surface area contributed by atoms with Crippen molar-refractivity contribution in [2.24, 2.45) is 5.92 Å². The summed E-state index contributed by atoms with van der Waals surface area (Å²) in [5, 5.41) is 5.88. The zero-order chi connectivity index (χ0) is 17.5. The fourth-order valence-electron chi connectivity index (χ4n) is 1.87. The van der Waals surface area contributed by atoms with Gasteiger partial charge in [0.25, 0.3) is 5.91 Å². The lowest BCUT2D eigenvalue weighted by atomic mass is 10.2. The Kier molecular flexibility index (Phi) is 6.75. The van der Waals surface area contributed by atoms with Gasteiger partial charge in [0, 0.05) is 15.7 Å². The predicted octanol–water partition coefficient (Wildman–Crippen LogP) is 4.61. The second-order valence-electron chi connectivity index (χ2n) is 5.65. The van der Waals surface area contributed by atoms with Crippen LogP contribution in [0.3, 0.4) is 0 Å². The van der Waals surface area contributed by atoms with E-state index in [1.54, 1.807) is 24.3 Å². The number of carbonyl (C=O) groups is 1. The molecule has 0 bridgehead atoms. The molecule has 2 aromatic carbocycles. The Hall–Kier alpha value is -1.92. The fourth-order valence-corrected chi connectivity index (χ4v) is 2.48. The van der Waals surface area contributed by atoms with Crippen LogP contribution in [0.2, 0.25) is 0 Å². The van der Waals surface area contributed by atoms with Crippen molar-refractivity contribution in [3.05, 3.63) is 58.6 Å². The van der Waals surface area contributed by atoms with Crippen LogP contribution in [0, 0.1) is 5.92 Å². The number of benzene rings is 2. The molecule has 0 fully saturated rings. The number of thiocarbonyl (C=S) groups is 1. The highest BCUT2D eigenvalue weighted by atomic mass is 79.9. The fraction of sp³-hybridized carbons (Fsp3) is 0.222. The summed E-state index contributed by atoms with van der Waals surface area (Å²) >= 11 is 8.55. The maximum absolute atomic E-state index is 12.2. The van der Waals surface area contributed by atoms with E-state index in [4.69, 9.17) is 17.0 Å². The number of halogens is 1. The first-order valence-electron chi connectivity index (χ1n) is 7.55. The molecule has 0 aromatic heterocycles. The molecule has 0 heterocycles. The highest BCUT2D eigenvalue weighted by Crippen LogP contribution is 2.16. The quantitative estimate of drug-likeness (QED) is 0.711. The highest BCUT2D eigenvalue weighted by Gasteiger charge is 2.08. The lowest BCUT2D eigenvalue weighted by Crippen LogP contribution is -2.34. The molecule has 1 amide bonds.